The molecule has 2 aromatic rings. The van der Waals surface area contributed by atoms with Crippen molar-refractivity contribution in [3.8, 4) is 11.8 Å². The molecule has 0 bridgehead atoms. The van der Waals surface area contributed by atoms with E-state index in [0.717, 1.165) is 0 Å². The van der Waals surface area contributed by atoms with E-state index in [-0.39, 0.29) is 5.69 Å². The third-order valence-corrected chi connectivity index (χ3v) is 3.61. The van der Waals surface area contributed by atoms with Crippen LogP contribution in [0.2, 0.25) is 10.0 Å². The number of non-ortho nitro benzene ring substituents is 1. The van der Waals surface area contributed by atoms with Crippen molar-refractivity contribution >= 4 is 40.5 Å². The van der Waals surface area contributed by atoms with Crippen LogP contribution in [0, 0.1) is 21.4 Å². The molecule has 116 valence electrons. The first-order valence-corrected chi connectivity index (χ1v) is 7.11. The third kappa shape index (κ3) is 3.81. The summed E-state index contributed by atoms with van der Waals surface area (Å²) in [5, 5.41) is 20.6. The van der Waals surface area contributed by atoms with Gasteiger partial charge in [-0.3, -0.25) is 10.1 Å². The van der Waals surface area contributed by atoms with Crippen LogP contribution >= 0.6 is 23.2 Å². The van der Waals surface area contributed by atoms with Crippen LogP contribution in [0.3, 0.4) is 0 Å². The summed E-state index contributed by atoms with van der Waals surface area (Å²) in [6.07, 6.45) is 1.60. The van der Waals surface area contributed by atoms with E-state index in [1.54, 1.807) is 18.2 Å². The highest BCUT2D eigenvalue weighted by Crippen LogP contribution is 2.35. The molecule has 0 heterocycles. The van der Waals surface area contributed by atoms with Gasteiger partial charge in [0.15, 0.2) is 5.75 Å². The van der Waals surface area contributed by atoms with Crippen molar-refractivity contribution in [2.24, 2.45) is 0 Å². The summed E-state index contributed by atoms with van der Waals surface area (Å²) in [5.74, 6) is 0.360. The summed E-state index contributed by atoms with van der Waals surface area (Å²) >= 11 is 12.1. The Morgan fingerprint density at radius 2 is 1.83 bits per heavy atom. The number of benzene rings is 2. The Morgan fingerprint density at radius 3 is 2.26 bits per heavy atom. The topological polar surface area (TPSA) is 76.2 Å². The van der Waals surface area contributed by atoms with Crippen molar-refractivity contribution < 1.29 is 9.66 Å². The molecular weight excluding hydrogens is 339 g/mol. The van der Waals surface area contributed by atoms with E-state index in [9.17, 15) is 15.4 Å². The van der Waals surface area contributed by atoms with E-state index in [1.165, 1.54) is 31.4 Å². The van der Waals surface area contributed by atoms with Crippen LogP contribution in [0.5, 0.6) is 5.75 Å². The molecule has 23 heavy (non-hydrogen) atoms. The van der Waals surface area contributed by atoms with Crippen LogP contribution in [-0.4, -0.2) is 12.0 Å². The molecule has 5 nitrogen and oxygen atoms in total. The molecule has 0 saturated heterocycles. The second-order valence-electron chi connectivity index (χ2n) is 4.49. The Bertz CT molecular complexity index is 801. The standard InChI is InChI=1S/C16H10Cl2N2O3/c1-23-16-14(17)7-10(8-15(16)18)6-12(9-19)11-2-4-13(5-3-11)20(21)22/h2-8H,1H3/b12-6+. The fourth-order valence-corrected chi connectivity index (χ4v) is 2.63. The van der Waals surface area contributed by atoms with Crippen LogP contribution in [0.25, 0.3) is 11.6 Å². The molecule has 0 aliphatic heterocycles. The zero-order valence-electron chi connectivity index (χ0n) is 11.9. The second kappa shape index (κ2) is 7.14. The van der Waals surface area contributed by atoms with Crippen molar-refractivity contribution in [3.63, 3.8) is 0 Å². The van der Waals surface area contributed by atoms with Gasteiger partial charge in [-0.2, -0.15) is 5.26 Å². The molecule has 0 atom stereocenters. The second-order valence-corrected chi connectivity index (χ2v) is 5.31. The van der Waals surface area contributed by atoms with E-state index in [2.05, 4.69) is 6.07 Å². The van der Waals surface area contributed by atoms with E-state index in [0.29, 0.717) is 32.5 Å². The van der Waals surface area contributed by atoms with Gasteiger partial charge in [0.05, 0.1) is 33.7 Å². The lowest BCUT2D eigenvalue weighted by Crippen LogP contribution is -1.89. The average molecular weight is 349 g/mol. The highest BCUT2D eigenvalue weighted by atomic mass is 35.5. The Morgan fingerprint density at radius 1 is 1.26 bits per heavy atom. The molecule has 0 radical (unpaired) electrons. The van der Waals surface area contributed by atoms with Gasteiger partial charge in [0.25, 0.3) is 5.69 Å². The Balaban J connectivity index is 2.43. The van der Waals surface area contributed by atoms with Crippen molar-refractivity contribution in [2.45, 2.75) is 0 Å². The fraction of sp³-hybridized carbons (Fsp3) is 0.0625. The minimum absolute atomic E-state index is 0.0402. The molecule has 0 unspecified atom stereocenters. The van der Waals surface area contributed by atoms with Gasteiger partial charge >= 0.3 is 0 Å². The quantitative estimate of drug-likeness (QED) is 0.338. The van der Waals surface area contributed by atoms with E-state index >= 15 is 0 Å². The summed E-state index contributed by atoms with van der Waals surface area (Å²) in [6.45, 7) is 0. The predicted octanol–water partition coefficient (Wildman–Crippen LogP) is 4.97. The zero-order chi connectivity index (χ0) is 17.0. The first-order chi connectivity index (χ1) is 11.0. The van der Waals surface area contributed by atoms with E-state index < -0.39 is 4.92 Å². The van der Waals surface area contributed by atoms with Gasteiger partial charge in [-0.15, -0.1) is 0 Å². The van der Waals surface area contributed by atoms with E-state index in [1.807, 2.05) is 0 Å². The number of rotatable bonds is 4. The first kappa shape index (κ1) is 16.8. The SMILES string of the molecule is COc1c(Cl)cc(/C=C(\C#N)c2ccc([N+](=O)[O-])cc2)cc1Cl. The summed E-state index contributed by atoms with van der Waals surface area (Å²) < 4.78 is 5.07. The lowest BCUT2D eigenvalue weighted by atomic mass is 10.0. The minimum Gasteiger partial charge on any atom is -0.494 e. The molecular formula is C16H10Cl2N2O3. The van der Waals surface area contributed by atoms with Gasteiger partial charge in [0.2, 0.25) is 0 Å². The Hall–Kier alpha value is -2.55. The molecule has 0 aromatic heterocycles. The number of allylic oxidation sites excluding steroid dienone is 1. The predicted molar refractivity (Wildman–Crippen MR) is 89.6 cm³/mol. The molecule has 0 fully saturated rings. The number of nitro benzene ring substituents is 1. The smallest absolute Gasteiger partial charge is 0.269 e. The normalized spacial score (nSPS) is 11.0. The van der Waals surface area contributed by atoms with Crippen LogP contribution in [0.15, 0.2) is 36.4 Å². The van der Waals surface area contributed by atoms with Crippen molar-refractivity contribution in [1.29, 1.82) is 5.26 Å². The van der Waals surface area contributed by atoms with Crippen LogP contribution in [-0.2, 0) is 0 Å². The number of nitriles is 1. The highest BCUT2D eigenvalue weighted by Gasteiger charge is 2.10. The maximum Gasteiger partial charge on any atom is 0.269 e. The van der Waals surface area contributed by atoms with Crippen LogP contribution < -0.4 is 4.74 Å². The number of hydrogen-bond acceptors (Lipinski definition) is 4. The van der Waals surface area contributed by atoms with Gasteiger partial charge in [-0.1, -0.05) is 23.2 Å². The van der Waals surface area contributed by atoms with Gasteiger partial charge < -0.3 is 4.74 Å². The molecule has 0 spiro atoms. The number of methoxy groups -OCH3 is 1. The van der Waals surface area contributed by atoms with Gasteiger partial charge in [0, 0.05) is 12.1 Å². The zero-order valence-corrected chi connectivity index (χ0v) is 13.4. The first-order valence-electron chi connectivity index (χ1n) is 6.36. The average Bonchev–Trinajstić information content (AvgIpc) is 2.52. The lowest BCUT2D eigenvalue weighted by molar-refractivity contribution is -0.384. The maximum absolute atomic E-state index is 10.7. The van der Waals surface area contributed by atoms with Crippen molar-refractivity contribution in [3.05, 3.63) is 67.7 Å². The molecule has 0 aliphatic carbocycles. The van der Waals surface area contributed by atoms with Crippen molar-refractivity contribution in [2.75, 3.05) is 7.11 Å². The molecule has 2 rings (SSSR count). The fourth-order valence-electron chi connectivity index (χ4n) is 1.97. The summed E-state index contributed by atoms with van der Waals surface area (Å²) in [6, 6.07) is 11.0. The number of hydrogen-bond donors (Lipinski definition) is 0. The minimum atomic E-state index is -0.497. The van der Waals surface area contributed by atoms with Gasteiger partial charge in [0.1, 0.15) is 0 Å². The molecule has 0 N–H and O–H groups in total. The van der Waals surface area contributed by atoms with Crippen LogP contribution in [0.1, 0.15) is 11.1 Å². The molecule has 2 aromatic carbocycles. The summed E-state index contributed by atoms with van der Waals surface area (Å²) in [5.41, 5.74) is 1.47. The van der Waals surface area contributed by atoms with Crippen LogP contribution in [0.4, 0.5) is 5.69 Å². The summed E-state index contributed by atoms with van der Waals surface area (Å²) in [7, 11) is 1.46. The molecule has 0 amide bonds. The monoisotopic (exact) mass is 348 g/mol. The van der Waals surface area contributed by atoms with Gasteiger partial charge in [-0.05, 0) is 41.5 Å². The molecule has 0 saturated carbocycles. The Kier molecular flexibility index (Phi) is 5.22. The van der Waals surface area contributed by atoms with E-state index in [4.69, 9.17) is 27.9 Å². The Labute approximate surface area is 142 Å². The number of ether oxygens (including phenoxy) is 1. The van der Waals surface area contributed by atoms with Crippen molar-refractivity contribution in [1.82, 2.24) is 0 Å². The summed E-state index contributed by atoms with van der Waals surface area (Å²) in [4.78, 5) is 10.2. The number of nitrogens with zero attached hydrogens (tertiary/aromatic N) is 2. The third-order valence-electron chi connectivity index (χ3n) is 3.05. The largest absolute Gasteiger partial charge is 0.494 e. The van der Waals surface area contributed by atoms with Gasteiger partial charge in [-0.25, -0.2) is 0 Å². The molecule has 0 aliphatic rings. The number of halogens is 2. The maximum atomic E-state index is 10.7. The lowest BCUT2D eigenvalue weighted by Gasteiger charge is -2.07. The number of nitro groups is 1. The highest BCUT2D eigenvalue weighted by molar-refractivity contribution is 6.37. The molecule has 7 heteroatoms.